The van der Waals surface area contributed by atoms with E-state index in [-0.39, 0.29) is 9.92 Å². The van der Waals surface area contributed by atoms with Crippen molar-refractivity contribution in [3.05, 3.63) is 92.1 Å². The maximum atomic E-state index is 15.1. The van der Waals surface area contributed by atoms with Crippen LogP contribution in [0.5, 0.6) is 5.75 Å². The molecular weight excluding hydrogens is 574 g/mol. The van der Waals surface area contributed by atoms with Crippen LogP contribution in [0, 0.1) is 12.7 Å². The monoisotopic (exact) mass is 597 g/mol. The second-order valence-corrected chi connectivity index (χ2v) is 10.3. The van der Waals surface area contributed by atoms with Gasteiger partial charge in [-0.1, -0.05) is 35.9 Å². The van der Waals surface area contributed by atoms with E-state index in [2.05, 4.69) is 0 Å². The van der Waals surface area contributed by atoms with Crippen LogP contribution in [-0.4, -0.2) is 46.6 Å². The number of halogens is 5. The van der Waals surface area contributed by atoms with Crippen LogP contribution in [0.15, 0.2) is 58.4 Å². The molecule has 1 aliphatic heterocycles. The van der Waals surface area contributed by atoms with Crippen molar-refractivity contribution in [1.29, 1.82) is 0 Å². The average molecular weight is 598 g/mol. The topological polar surface area (TPSA) is 71.8 Å². The number of aromatic nitrogens is 1. The molecule has 0 aliphatic carbocycles. The van der Waals surface area contributed by atoms with Gasteiger partial charge in [0, 0.05) is 34.7 Å². The van der Waals surface area contributed by atoms with Gasteiger partial charge in [0.05, 0.1) is 0 Å². The molecule has 40 heavy (non-hydrogen) atoms. The molecule has 3 aromatic rings. The van der Waals surface area contributed by atoms with E-state index in [1.165, 1.54) is 28.0 Å². The Hall–Kier alpha value is -3.51. The van der Waals surface area contributed by atoms with Gasteiger partial charge in [0.15, 0.2) is 5.69 Å². The van der Waals surface area contributed by atoms with Gasteiger partial charge in [0.2, 0.25) is 11.2 Å². The van der Waals surface area contributed by atoms with Crippen molar-refractivity contribution in [3.8, 4) is 5.75 Å². The summed E-state index contributed by atoms with van der Waals surface area (Å²) in [6.07, 6.45) is -1.98. The highest BCUT2D eigenvalue weighted by atomic mass is 35.5. The SMILES string of the molecule is CSc1c(F)cccc1[C@@H](c1c(C)cccc1Cl)N1CN([C@H](C)C(F)(F)F)C(=O)c2c(OC(C)=O)c(=O)ccn21. The summed E-state index contributed by atoms with van der Waals surface area (Å²) in [5, 5.41) is 1.62. The first-order valence-electron chi connectivity index (χ1n) is 11.9. The van der Waals surface area contributed by atoms with Gasteiger partial charge in [-0.05, 0) is 43.4 Å². The Morgan fingerprint density at radius 1 is 1.12 bits per heavy atom. The predicted molar refractivity (Wildman–Crippen MR) is 143 cm³/mol. The first-order valence-corrected chi connectivity index (χ1v) is 13.5. The van der Waals surface area contributed by atoms with Crippen LogP contribution >= 0.6 is 23.4 Å². The molecule has 13 heteroatoms. The predicted octanol–water partition coefficient (Wildman–Crippen LogP) is 5.69. The number of benzene rings is 2. The van der Waals surface area contributed by atoms with Gasteiger partial charge >= 0.3 is 12.1 Å². The van der Waals surface area contributed by atoms with Crippen LogP contribution in [0.1, 0.15) is 47.1 Å². The maximum Gasteiger partial charge on any atom is 0.408 e. The minimum atomic E-state index is -4.83. The van der Waals surface area contributed by atoms with Crippen molar-refractivity contribution in [1.82, 2.24) is 9.58 Å². The number of nitrogens with zero attached hydrogens (tertiary/aromatic N) is 3. The van der Waals surface area contributed by atoms with E-state index < -0.39 is 59.5 Å². The van der Waals surface area contributed by atoms with Crippen molar-refractivity contribution in [2.24, 2.45) is 0 Å². The summed E-state index contributed by atoms with van der Waals surface area (Å²) in [5.41, 5.74) is -0.0165. The second kappa shape index (κ2) is 11.2. The third-order valence-corrected chi connectivity index (χ3v) is 7.77. The molecule has 212 valence electrons. The molecule has 1 aliphatic rings. The van der Waals surface area contributed by atoms with E-state index in [0.717, 1.165) is 31.7 Å². The van der Waals surface area contributed by atoms with Crippen molar-refractivity contribution in [3.63, 3.8) is 0 Å². The lowest BCUT2D eigenvalue weighted by Crippen LogP contribution is -2.60. The van der Waals surface area contributed by atoms with Crippen LogP contribution in [0.25, 0.3) is 0 Å². The average Bonchev–Trinajstić information content (AvgIpc) is 2.87. The maximum absolute atomic E-state index is 15.1. The third-order valence-electron chi connectivity index (χ3n) is 6.60. The normalized spacial score (nSPS) is 15.1. The zero-order chi connectivity index (χ0) is 29.5. The third kappa shape index (κ3) is 5.29. The van der Waals surface area contributed by atoms with Gasteiger partial charge in [0.25, 0.3) is 5.91 Å². The highest BCUT2D eigenvalue weighted by Gasteiger charge is 2.48. The Morgan fingerprint density at radius 2 is 1.80 bits per heavy atom. The summed E-state index contributed by atoms with van der Waals surface area (Å²) in [4.78, 5) is 38.9. The molecule has 4 rings (SSSR count). The van der Waals surface area contributed by atoms with Gasteiger partial charge in [-0.3, -0.25) is 24.1 Å². The van der Waals surface area contributed by atoms with E-state index >= 15 is 4.39 Å². The molecule has 1 amide bonds. The fourth-order valence-corrected chi connectivity index (χ4v) is 5.68. The van der Waals surface area contributed by atoms with Crippen molar-refractivity contribution in [2.45, 2.75) is 43.9 Å². The van der Waals surface area contributed by atoms with E-state index in [0.29, 0.717) is 21.6 Å². The number of hydrogen-bond donors (Lipinski definition) is 0. The lowest BCUT2D eigenvalue weighted by atomic mass is 9.93. The Morgan fingerprint density at radius 3 is 2.40 bits per heavy atom. The van der Waals surface area contributed by atoms with Crippen LogP contribution in [0.2, 0.25) is 5.02 Å². The highest BCUT2D eigenvalue weighted by Crippen LogP contribution is 2.42. The van der Waals surface area contributed by atoms with Gasteiger partial charge in [-0.25, -0.2) is 4.39 Å². The largest absolute Gasteiger partial charge is 0.420 e. The number of esters is 1. The molecule has 7 nitrogen and oxygen atoms in total. The van der Waals surface area contributed by atoms with Crippen LogP contribution < -0.4 is 15.2 Å². The molecule has 0 spiro atoms. The van der Waals surface area contributed by atoms with Gasteiger partial charge in [0.1, 0.15) is 24.6 Å². The summed E-state index contributed by atoms with van der Waals surface area (Å²) in [6.45, 7) is 2.92. The summed E-state index contributed by atoms with van der Waals surface area (Å²) in [5.74, 6) is -3.40. The standard InChI is InChI=1S/C27H24ClF4N3O4S/c1-14-7-5-9-18(28)21(14)22(17-8-6-10-19(29)25(17)40-4)35-13-33(15(2)27(30,31)32)26(38)23-24(39-16(3)36)20(37)11-12-34(23)35/h5-12,15,22H,13H2,1-4H3/t15-,22+/m1/s1. The minimum Gasteiger partial charge on any atom is -0.420 e. The van der Waals surface area contributed by atoms with E-state index in [9.17, 15) is 27.6 Å². The number of hydrogen-bond acceptors (Lipinski definition) is 6. The number of pyridine rings is 1. The fourth-order valence-electron chi connectivity index (χ4n) is 4.68. The molecule has 0 bridgehead atoms. The minimum absolute atomic E-state index is 0.210. The zero-order valence-corrected chi connectivity index (χ0v) is 23.3. The summed E-state index contributed by atoms with van der Waals surface area (Å²) in [6, 6.07) is 7.06. The smallest absolute Gasteiger partial charge is 0.408 e. The Bertz CT molecular complexity index is 1520. The second-order valence-electron chi connectivity index (χ2n) is 9.10. The van der Waals surface area contributed by atoms with Gasteiger partial charge in [-0.15, -0.1) is 11.8 Å². The van der Waals surface area contributed by atoms with E-state index in [1.54, 1.807) is 37.4 Å². The van der Waals surface area contributed by atoms with E-state index in [1.807, 2.05) is 0 Å². The van der Waals surface area contributed by atoms with Crippen LogP contribution in [-0.2, 0) is 4.79 Å². The first-order chi connectivity index (χ1) is 18.8. The van der Waals surface area contributed by atoms with Gasteiger partial charge < -0.3 is 9.64 Å². The number of thioether (sulfide) groups is 1. The molecule has 1 aromatic heterocycles. The quantitative estimate of drug-likeness (QED) is 0.207. The number of alkyl halides is 3. The number of ether oxygens (including phenoxy) is 1. The summed E-state index contributed by atoms with van der Waals surface area (Å²) in [7, 11) is 0. The molecule has 0 fully saturated rings. The number of carbonyl (C=O) groups is 2. The summed E-state index contributed by atoms with van der Waals surface area (Å²) >= 11 is 7.76. The lowest BCUT2D eigenvalue weighted by Gasteiger charge is -2.46. The van der Waals surface area contributed by atoms with Crippen LogP contribution in [0.4, 0.5) is 17.6 Å². The Balaban J connectivity index is 2.11. The van der Waals surface area contributed by atoms with Crippen molar-refractivity contribution in [2.75, 3.05) is 17.9 Å². The first kappa shape index (κ1) is 29.5. The van der Waals surface area contributed by atoms with Crippen molar-refractivity contribution < 1.29 is 31.9 Å². The fraction of sp³-hybridized carbons (Fsp3) is 0.296. The number of carbonyl (C=O) groups excluding carboxylic acids is 2. The molecule has 2 aromatic carbocycles. The number of rotatable bonds is 6. The molecule has 0 N–H and O–H groups in total. The molecule has 0 unspecified atom stereocenters. The summed E-state index contributed by atoms with van der Waals surface area (Å²) < 4.78 is 63.3. The number of aryl methyl sites for hydroxylation is 1. The van der Waals surface area contributed by atoms with E-state index in [4.69, 9.17) is 16.3 Å². The molecular formula is C27H24ClF4N3O4S. The lowest BCUT2D eigenvalue weighted by molar-refractivity contribution is -0.173. The number of fused-ring (bicyclic) bond motifs is 1. The van der Waals surface area contributed by atoms with Crippen molar-refractivity contribution >= 4 is 35.2 Å². The molecule has 0 saturated heterocycles. The highest BCUT2D eigenvalue weighted by molar-refractivity contribution is 7.98. The van der Waals surface area contributed by atoms with Gasteiger partial charge in [-0.2, -0.15) is 13.2 Å². The van der Waals surface area contributed by atoms with Crippen LogP contribution in [0.3, 0.4) is 0 Å². The zero-order valence-electron chi connectivity index (χ0n) is 21.8. The molecule has 0 radical (unpaired) electrons. The molecule has 2 atom stereocenters. The molecule has 0 saturated carbocycles. The molecule has 2 heterocycles. The number of amides is 1. The Labute approximate surface area is 236 Å². The Kier molecular flexibility index (Phi) is 8.23.